The maximum absolute atomic E-state index is 14.0. The summed E-state index contributed by atoms with van der Waals surface area (Å²) in [6.07, 6.45) is 2.56. The first kappa shape index (κ1) is 15.3. The van der Waals surface area contributed by atoms with E-state index in [0.29, 0.717) is 18.8 Å². The lowest BCUT2D eigenvalue weighted by Gasteiger charge is -2.28. The first-order valence-corrected chi connectivity index (χ1v) is 8.21. The third kappa shape index (κ3) is 2.60. The second-order valence-electron chi connectivity index (χ2n) is 6.39. The van der Waals surface area contributed by atoms with Crippen molar-refractivity contribution in [1.29, 1.82) is 0 Å². The van der Waals surface area contributed by atoms with Crippen LogP contribution < -0.4 is 15.0 Å². The van der Waals surface area contributed by atoms with Gasteiger partial charge in [-0.15, -0.1) is 0 Å². The van der Waals surface area contributed by atoms with Crippen LogP contribution in [-0.2, 0) is 20.1 Å². The van der Waals surface area contributed by atoms with Crippen molar-refractivity contribution in [2.75, 3.05) is 18.0 Å². The Hall–Kier alpha value is -2.22. The molecule has 4 rings (SSSR count). The molecule has 2 aliphatic rings. The molecule has 8 heteroatoms. The van der Waals surface area contributed by atoms with E-state index in [0.717, 1.165) is 31.0 Å². The molecule has 2 aromatic rings. The molecule has 0 aromatic carbocycles. The quantitative estimate of drug-likeness (QED) is 0.908. The van der Waals surface area contributed by atoms with Crippen molar-refractivity contribution >= 4 is 5.82 Å². The molecule has 0 saturated carbocycles. The lowest BCUT2D eigenvalue weighted by Crippen LogP contribution is -2.44. The van der Waals surface area contributed by atoms with Crippen LogP contribution in [0.3, 0.4) is 0 Å². The Balaban J connectivity index is 1.55. The number of ether oxygens (including phenoxy) is 1. The third-order valence-corrected chi connectivity index (χ3v) is 4.77. The van der Waals surface area contributed by atoms with Gasteiger partial charge in [-0.3, -0.25) is 4.68 Å². The zero-order valence-electron chi connectivity index (χ0n) is 13.9. The molecule has 0 aliphatic carbocycles. The molecule has 0 radical (unpaired) electrons. The molecule has 1 fully saturated rings. The molecule has 1 saturated heterocycles. The van der Waals surface area contributed by atoms with Crippen LogP contribution in [-0.4, -0.2) is 45.1 Å². The van der Waals surface area contributed by atoms with Gasteiger partial charge in [0, 0.05) is 25.7 Å². The number of aryl methyl sites for hydroxylation is 1. The van der Waals surface area contributed by atoms with Crippen molar-refractivity contribution in [2.24, 2.45) is 7.05 Å². The third-order valence-electron chi connectivity index (χ3n) is 4.77. The molecule has 1 N–H and O–H groups in total. The number of hydrogen-bond acceptors (Lipinski definition) is 6. The summed E-state index contributed by atoms with van der Waals surface area (Å²) < 4.78 is 21.8. The smallest absolute Gasteiger partial charge is 0.221 e. The van der Waals surface area contributed by atoms with Gasteiger partial charge in [-0.05, 0) is 19.9 Å². The zero-order valence-corrected chi connectivity index (χ0v) is 13.9. The zero-order chi connectivity index (χ0) is 16.7. The molecule has 2 aliphatic heterocycles. The highest BCUT2D eigenvalue weighted by atomic mass is 19.1. The molecule has 0 spiro atoms. The SMILES string of the molecule is Cc1c(OC2CCNCC2F)ncnc1N1Cc2cnn(C)c2C1. The summed E-state index contributed by atoms with van der Waals surface area (Å²) in [5.41, 5.74) is 3.25. The Morgan fingerprint density at radius 1 is 1.33 bits per heavy atom. The average molecular weight is 332 g/mol. The number of piperidine rings is 1. The Bertz CT molecular complexity index is 748. The molecule has 2 atom stereocenters. The molecular weight excluding hydrogens is 311 g/mol. The highest BCUT2D eigenvalue weighted by Crippen LogP contribution is 2.32. The number of hydrogen-bond donors (Lipinski definition) is 1. The Morgan fingerprint density at radius 2 is 2.21 bits per heavy atom. The van der Waals surface area contributed by atoms with Gasteiger partial charge in [0.25, 0.3) is 0 Å². The summed E-state index contributed by atoms with van der Waals surface area (Å²) in [4.78, 5) is 10.8. The fraction of sp³-hybridized carbons (Fsp3) is 0.562. The van der Waals surface area contributed by atoms with Gasteiger partial charge in [-0.2, -0.15) is 5.10 Å². The number of aromatic nitrogens is 4. The van der Waals surface area contributed by atoms with E-state index in [1.54, 1.807) is 0 Å². The minimum absolute atomic E-state index is 0.329. The summed E-state index contributed by atoms with van der Waals surface area (Å²) >= 11 is 0. The van der Waals surface area contributed by atoms with Gasteiger partial charge < -0.3 is 15.0 Å². The summed E-state index contributed by atoms with van der Waals surface area (Å²) in [5.74, 6) is 1.31. The monoisotopic (exact) mass is 332 g/mol. The van der Waals surface area contributed by atoms with E-state index in [4.69, 9.17) is 4.74 Å². The summed E-state index contributed by atoms with van der Waals surface area (Å²) in [6, 6.07) is 0. The Labute approximate surface area is 139 Å². The number of nitrogens with zero attached hydrogens (tertiary/aromatic N) is 5. The fourth-order valence-corrected chi connectivity index (χ4v) is 3.37. The minimum atomic E-state index is -1.02. The van der Waals surface area contributed by atoms with Crippen molar-refractivity contribution in [3.05, 3.63) is 29.3 Å². The largest absolute Gasteiger partial charge is 0.471 e. The van der Waals surface area contributed by atoms with Crippen LogP contribution in [0.25, 0.3) is 0 Å². The van der Waals surface area contributed by atoms with Crippen LogP contribution in [0.5, 0.6) is 5.88 Å². The van der Waals surface area contributed by atoms with Gasteiger partial charge in [-0.25, -0.2) is 14.4 Å². The van der Waals surface area contributed by atoms with E-state index in [2.05, 4.69) is 25.3 Å². The lowest BCUT2D eigenvalue weighted by atomic mass is 10.1. The maximum atomic E-state index is 14.0. The van der Waals surface area contributed by atoms with E-state index >= 15 is 0 Å². The molecule has 2 aromatic heterocycles. The standard InChI is InChI=1S/C16H21FN6O/c1-10-15(23-7-11-5-21-22(2)13(11)8-23)19-9-20-16(10)24-14-3-4-18-6-12(14)17/h5,9,12,14,18H,3-4,6-8H2,1-2H3. The van der Waals surface area contributed by atoms with Crippen LogP contribution in [0.1, 0.15) is 23.2 Å². The number of alkyl halides is 1. The summed E-state index contributed by atoms with van der Waals surface area (Å²) in [7, 11) is 1.95. The molecule has 4 heterocycles. The number of rotatable bonds is 3. The number of halogens is 1. The van der Waals surface area contributed by atoms with Gasteiger partial charge in [0.05, 0.1) is 24.0 Å². The van der Waals surface area contributed by atoms with Crippen LogP contribution in [0.15, 0.2) is 12.5 Å². The van der Waals surface area contributed by atoms with Crippen molar-refractivity contribution in [1.82, 2.24) is 25.1 Å². The van der Waals surface area contributed by atoms with Gasteiger partial charge in [0.1, 0.15) is 24.4 Å². The van der Waals surface area contributed by atoms with E-state index < -0.39 is 12.3 Å². The maximum Gasteiger partial charge on any atom is 0.221 e. The molecule has 7 nitrogen and oxygen atoms in total. The molecule has 0 bridgehead atoms. The number of fused-ring (bicyclic) bond motifs is 1. The Morgan fingerprint density at radius 3 is 3.00 bits per heavy atom. The van der Waals surface area contributed by atoms with Crippen molar-refractivity contribution in [3.63, 3.8) is 0 Å². The Kier molecular flexibility index (Phi) is 3.84. The summed E-state index contributed by atoms with van der Waals surface area (Å²) in [6.45, 7) is 4.54. The van der Waals surface area contributed by atoms with Gasteiger partial charge >= 0.3 is 0 Å². The fourth-order valence-electron chi connectivity index (χ4n) is 3.37. The molecule has 24 heavy (non-hydrogen) atoms. The van der Waals surface area contributed by atoms with Crippen LogP contribution in [0.2, 0.25) is 0 Å². The first-order chi connectivity index (χ1) is 11.6. The molecule has 2 unspecified atom stereocenters. The van der Waals surface area contributed by atoms with E-state index in [1.165, 1.54) is 17.6 Å². The van der Waals surface area contributed by atoms with Gasteiger partial charge in [0.15, 0.2) is 0 Å². The summed E-state index contributed by atoms with van der Waals surface area (Å²) in [5, 5.41) is 7.31. The van der Waals surface area contributed by atoms with Gasteiger partial charge in [-0.1, -0.05) is 0 Å². The van der Waals surface area contributed by atoms with Gasteiger partial charge in [0.2, 0.25) is 5.88 Å². The highest BCUT2D eigenvalue weighted by molar-refractivity contribution is 5.53. The van der Waals surface area contributed by atoms with Crippen LogP contribution in [0, 0.1) is 6.92 Å². The molecular formula is C16H21FN6O. The second-order valence-corrected chi connectivity index (χ2v) is 6.39. The molecule has 128 valence electrons. The van der Waals surface area contributed by atoms with E-state index in [-0.39, 0.29) is 0 Å². The lowest BCUT2D eigenvalue weighted by molar-refractivity contribution is 0.0686. The van der Waals surface area contributed by atoms with E-state index in [9.17, 15) is 4.39 Å². The number of anilines is 1. The van der Waals surface area contributed by atoms with Crippen LogP contribution >= 0.6 is 0 Å². The van der Waals surface area contributed by atoms with Crippen molar-refractivity contribution < 1.29 is 9.13 Å². The minimum Gasteiger partial charge on any atom is -0.471 e. The predicted octanol–water partition coefficient (Wildman–Crippen LogP) is 1.12. The number of nitrogens with one attached hydrogen (secondary N) is 1. The average Bonchev–Trinajstić information content (AvgIpc) is 3.14. The predicted molar refractivity (Wildman–Crippen MR) is 86.7 cm³/mol. The van der Waals surface area contributed by atoms with Crippen LogP contribution in [0.4, 0.5) is 10.2 Å². The second kappa shape index (κ2) is 6.01. The topological polar surface area (TPSA) is 68.1 Å². The highest BCUT2D eigenvalue weighted by Gasteiger charge is 2.29. The molecule has 0 amide bonds. The first-order valence-electron chi connectivity index (χ1n) is 8.21. The normalized spacial score (nSPS) is 23.4. The van der Waals surface area contributed by atoms with Crippen molar-refractivity contribution in [2.45, 2.75) is 38.7 Å². The van der Waals surface area contributed by atoms with Crippen molar-refractivity contribution in [3.8, 4) is 5.88 Å². The van der Waals surface area contributed by atoms with E-state index in [1.807, 2.05) is 24.9 Å².